The molecule has 0 fully saturated rings. The number of carbonyl (C=O) groups excluding carboxylic acids is 1. The zero-order valence-electron chi connectivity index (χ0n) is 14.9. The molecule has 25 heavy (non-hydrogen) atoms. The molecule has 2 unspecified atom stereocenters. The minimum atomic E-state index is -1.16. The van der Waals surface area contributed by atoms with Crippen molar-refractivity contribution in [2.75, 3.05) is 6.54 Å². The number of amides is 1. The quantitative estimate of drug-likeness (QED) is 0.722. The van der Waals surface area contributed by atoms with E-state index in [2.05, 4.69) is 5.32 Å². The van der Waals surface area contributed by atoms with Crippen molar-refractivity contribution in [3.8, 4) is 5.75 Å². The molecular formula is C20H26N2O3. The summed E-state index contributed by atoms with van der Waals surface area (Å²) >= 11 is 0. The Labute approximate surface area is 148 Å². The minimum Gasteiger partial charge on any atom is -0.491 e. The maximum absolute atomic E-state index is 12.4. The molecule has 0 radical (unpaired) electrons. The Balaban J connectivity index is 1.95. The van der Waals surface area contributed by atoms with Gasteiger partial charge in [0, 0.05) is 6.54 Å². The van der Waals surface area contributed by atoms with Gasteiger partial charge in [-0.2, -0.15) is 0 Å². The fourth-order valence-electron chi connectivity index (χ4n) is 2.45. The average molecular weight is 342 g/mol. The highest BCUT2D eigenvalue weighted by molar-refractivity contribution is 5.87. The van der Waals surface area contributed by atoms with E-state index in [-0.39, 0.29) is 18.6 Å². The molecule has 0 saturated carbocycles. The van der Waals surface area contributed by atoms with E-state index in [1.165, 1.54) is 0 Å². The van der Waals surface area contributed by atoms with Crippen LogP contribution in [0.15, 0.2) is 54.6 Å². The summed E-state index contributed by atoms with van der Waals surface area (Å²) in [4.78, 5) is 12.4. The molecular weight excluding hydrogens is 316 g/mol. The summed E-state index contributed by atoms with van der Waals surface area (Å²) < 4.78 is 5.57. The topological polar surface area (TPSA) is 84.6 Å². The van der Waals surface area contributed by atoms with Gasteiger partial charge in [0.2, 0.25) is 5.91 Å². The number of aliphatic hydroxyl groups excluding tert-OH is 1. The van der Waals surface area contributed by atoms with E-state index in [9.17, 15) is 9.90 Å². The molecule has 2 rings (SSSR count). The van der Waals surface area contributed by atoms with Crippen molar-refractivity contribution in [3.63, 3.8) is 0 Å². The third-order valence-corrected chi connectivity index (χ3v) is 3.94. The lowest BCUT2D eigenvalue weighted by molar-refractivity contribution is -0.126. The van der Waals surface area contributed by atoms with Crippen LogP contribution >= 0.6 is 0 Å². The highest BCUT2D eigenvalue weighted by Gasteiger charge is 2.30. The fraction of sp³-hybridized carbons (Fsp3) is 0.350. The molecule has 5 nitrogen and oxygen atoms in total. The van der Waals surface area contributed by atoms with E-state index in [1.54, 1.807) is 31.2 Å². The summed E-state index contributed by atoms with van der Waals surface area (Å²) in [7, 11) is 0. The maximum Gasteiger partial charge on any atom is 0.244 e. The standard InChI is InChI=1S/C20H26N2O3/c1-14(2)25-17-11-9-15(10-12-17)18(23)13-22-19(24)20(3,21)16-7-5-4-6-8-16/h4-12,14,18,23H,13,21H2,1-3H3,(H,22,24). The predicted molar refractivity (Wildman–Crippen MR) is 98.2 cm³/mol. The van der Waals surface area contributed by atoms with Crippen LogP contribution in [0.4, 0.5) is 0 Å². The van der Waals surface area contributed by atoms with E-state index in [1.807, 2.05) is 44.2 Å². The monoisotopic (exact) mass is 342 g/mol. The molecule has 0 saturated heterocycles. The molecule has 0 bridgehead atoms. The number of rotatable bonds is 7. The van der Waals surface area contributed by atoms with Crippen LogP contribution in [0.1, 0.15) is 38.0 Å². The Bertz CT molecular complexity index is 682. The first-order valence-electron chi connectivity index (χ1n) is 8.38. The van der Waals surface area contributed by atoms with Crippen LogP contribution < -0.4 is 15.8 Å². The number of hydrogen-bond donors (Lipinski definition) is 3. The van der Waals surface area contributed by atoms with E-state index >= 15 is 0 Å². The highest BCUT2D eigenvalue weighted by atomic mass is 16.5. The number of hydrogen-bond acceptors (Lipinski definition) is 4. The number of nitrogens with one attached hydrogen (secondary N) is 1. The summed E-state index contributed by atoms with van der Waals surface area (Å²) in [5.74, 6) is 0.408. The van der Waals surface area contributed by atoms with Crippen LogP contribution in [0, 0.1) is 0 Å². The van der Waals surface area contributed by atoms with Crippen LogP contribution in [0.2, 0.25) is 0 Å². The molecule has 0 aromatic heterocycles. The molecule has 0 aliphatic heterocycles. The molecule has 2 atom stereocenters. The van der Waals surface area contributed by atoms with Gasteiger partial charge in [0.15, 0.2) is 0 Å². The van der Waals surface area contributed by atoms with Crippen molar-refractivity contribution in [2.24, 2.45) is 5.73 Å². The third kappa shape index (κ3) is 5.05. The first-order valence-corrected chi connectivity index (χ1v) is 8.38. The zero-order chi connectivity index (χ0) is 18.4. The lowest BCUT2D eigenvalue weighted by Crippen LogP contribution is -2.49. The van der Waals surface area contributed by atoms with Gasteiger partial charge in [-0.15, -0.1) is 0 Å². The zero-order valence-corrected chi connectivity index (χ0v) is 14.9. The molecule has 0 aliphatic rings. The van der Waals surface area contributed by atoms with Crippen molar-refractivity contribution in [3.05, 3.63) is 65.7 Å². The highest BCUT2D eigenvalue weighted by Crippen LogP contribution is 2.20. The van der Waals surface area contributed by atoms with E-state index < -0.39 is 11.6 Å². The van der Waals surface area contributed by atoms with Gasteiger partial charge in [-0.05, 0) is 44.0 Å². The van der Waals surface area contributed by atoms with Crippen LogP contribution in [-0.2, 0) is 10.3 Å². The van der Waals surface area contributed by atoms with Gasteiger partial charge in [-0.1, -0.05) is 42.5 Å². The normalized spacial score (nSPS) is 14.6. The second-order valence-corrected chi connectivity index (χ2v) is 6.53. The fourth-order valence-corrected chi connectivity index (χ4v) is 2.45. The summed E-state index contributed by atoms with van der Waals surface area (Å²) in [5, 5.41) is 13.0. The number of nitrogens with two attached hydrogens (primary N) is 1. The molecule has 0 spiro atoms. The van der Waals surface area contributed by atoms with Crippen LogP contribution in [-0.4, -0.2) is 23.7 Å². The van der Waals surface area contributed by atoms with Gasteiger partial charge in [0.25, 0.3) is 0 Å². The molecule has 134 valence electrons. The minimum absolute atomic E-state index is 0.0862. The van der Waals surface area contributed by atoms with Gasteiger partial charge in [-0.3, -0.25) is 4.79 Å². The van der Waals surface area contributed by atoms with Crippen LogP contribution in [0.25, 0.3) is 0 Å². The first-order chi connectivity index (χ1) is 11.8. The van der Waals surface area contributed by atoms with E-state index in [0.29, 0.717) is 5.56 Å². The van der Waals surface area contributed by atoms with Gasteiger partial charge in [0.1, 0.15) is 11.3 Å². The van der Waals surface area contributed by atoms with Crippen molar-refractivity contribution in [2.45, 2.75) is 38.5 Å². The molecule has 0 aliphatic carbocycles. The van der Waals surface area contributed by atoms with Crippen molar-refractivity contribution < 1.29 is 14.6 Å². The Morgan fingerprint density at radius 3 is 2.32 bits per heavy atom. The molecule has 4 N–H and O–H groups in total. The summed E-state index contributed by atoms with van der Waals surface area (Å²) in [6, 6.07) is 16.3. The molecule has 5 heteroatoms. The van der Waals surface area contributed by atoms with Crippen molar-refractivity contribution in [1.29, 1.82) is 0 Å². The molecule has 2 aromatic rings. The molecule has 2 aromatic carbocycles. The summed E-state index contributed by atoms with van der Waals surface area (Å²) in [5.41, 5.74) is 6.43. The number of ether oxygens (including phenoxy) is 1. The smallest absolute Gasteiger partial charge is 0.244 e. The Hall–Kier alpha value is -2.37. The molecule has 0 heterocycles. The van der Waals surface area contributed by atoms with E-state index in [4.69, 9.17) is 10.5 Å². The Morgan fingerprint density at radius 2 is 1.76 bits per heavy atom. The number of benzene rings is 2. The maximum atomic E-state index is 12.4. The average Bonchev–Trinajstić information content (AvgIpc) is 2.60. The summed E-state index contributed by atoms with van der Waals surface area (Å²) in [6.45, 7) is 5.65. The largest absolute Gasteiger partial charge is 0.491 e. The Kier molecular flexibility index (Phi) is 6.17. The first kappa shape index (κ1) is 19.0. The van der Waals surface area contributed by atoms with Gasteiger partial charge >= 0.3 is 0 Å². The molecule has 1 amide bonds. The van der Waals surface area contributed by atoms with E-state index in [0.717, 1.165) is 11.3 Å². The number of aliphatic hydroxyl groups is 1. The van der Waals surface area contributed by atoms with Gasteiger partial charge < -0.3 is 20.9 Å². The summed E-state index contributed by atoms with van der Waals surface area (Å²) in [6.07, 6.45) is -0.723. The SMILES string of the molecule is CC(C)Oc1ccc(C(O)CNC(=O)C(C)(N)c2ccccc2)cc1. The lowest BCUT2D eigenvalue weighted by atomic mass is 9.92. The second kappa shape index (κ2) is 8.14. The van der Waals surface area contributed by atoms with Crippen LogP contribution in [0.5, 0.6) is 5.75 Å². The van der Waals surface area contributed by atoms with Crippen molar-refractivity contribution in [1.82, 2.24) is 5.32 Å². The third-order valence-electron chi connectivity index (χ3n) is 3.94. The Morgan fingerprint density at radius 1 is 1.16 bits per heavy atom. The lowest BCUT2D eigenvalue weighted by Gasteiger charge is -2.25. The van der Waals surface area contributed by atoms with Crippen molar-refractivity contribution >= 4 is 5.91 Å². The van der Waals surface area contributed by atoms with Gasteiger partial charge in [0.05, 0.1) is 12.2 Å². The second-order valence-electron chi connectivity index (χ2n) is 6.53. The predicted octanol–water partition coefficient (Wildman–Crippen LogP) is 2.50. The van der Waals surface area contributed by atoms with Crippen LogP contribution in [0.3, 0.4) is 0 Å². The number of carbonyl (C=O) groups is 1. The van der Waals surface area contributed by atoms with Gasteiger partial charge in [-0.25, -0.2) is 0 Å².